The van der Waals surface area contributed by atoms with Gasteiger partial charge in [-0.1, -0.05) is 0 Å². The van der Waals surface area contributed by atoms with Crippen LogP contribution in [0.15, 0.2) is 5.38 Å². The van der Waals surface area contributed by atoms with Crippen molar-refractivity contribution in [1.29, 1.82) is 0 Å². The summed E-state index contributed by atoms with van der Waals surface area (Å²) in [5, 5.41) is 2.78. The minimum absolute atomic E-state index is 0.0139. The van der Waals surface area contributed by atoms with Crippen LogP contribution in [-0.4, -0.2) is 48.7 Å². The van der Waals surface area contributed by atoms with E-state index in [2.05, 4.69) is 4.98 Å². The Kier molecular flexibility index (Phi) is 3.81. The Morgan fingerprint density at radius 3 is 3.16 bits per heavy atom. The molecule has 3 heterocycles. The van der Waals surface area contributed by atoms with Crippen LogP contribution in [0.3, 0.4) is 0 Å². The van der Waals surface area contributed by atoms with E-state index in [9.17, 15) is 4.79 Å². The normalized spacial score (nSPS) is 27.1. The fraction of sp³-hybridized carbons (Fsp3) is 0.692. The third-order valence-electron chi connectivity index (χ3n) is 3.71. The van der Waals surface area contributed by atoms with Crippen molar-refractivity contribution in [3.05, 3.63) is 16.1 Å². The van der Waals surface area contributed by atoms with Crippen molar-refractivity contribution >= 4 is 17.2 Å². The number of thiazole rings is 1. The van der Waals surface area contributed by atoms with Crippen molar-refractivity contribution < 1.29 is 14.3 Å². The molecule has 2 aliphatic rings. The molecule has 0 saturated carbocycles. The SMILES string of the molecule is CO[C@@H]1CCN(C(=O)c2csc(C3CCCO3)n2)C1. The predicted molar refractivity (Wildman–Crippen MR) is 71.4 cm³/mol. The zero-order valence-electron chi connectivity index (χ0n) is 11.0. The highest BCUT2D eigenvalue weighted by Gasteiger charge is 2.29. The van der Waals surface area contributed by atoms with E-state index >= 15 is 0 Å². The minimum atomic E-state index is 0.0139. The summed E-state index contributed by atoms with van der Waals surface area (Å²) in [7, 11) is 1.69. The number of nitrogens with zero attached hydrogens (tertiary/aromatic N) is 2. The first kappa shape index (κ1) is 13.0. The van der Waals surface area contributed by atoms with Crippen molar-refractivity contribution in [2.24, 2.45) is 0 Å². The van der Waals surface area contributed by atoms with E-state index in [0.717, 1.165) is 37.4 Å². The van der Waals surface area contributed by atoms with Crippen LogP contribution >= 0.6 is 11.3 Å². The lowest BCUT2D eigenvalue weighted by molar-refractivity contribution is 0.0718. The smallest absolute Gasteiger partial charge is 0.273 e. The second-order valence-electron chi connectivity index (χ2n) is 4.97. The van der Waals surface area contributed by atoms with Gasteiger partial charge >= 0.3 is 0 Å². The Balaban J connectivity index is 1.67. The molecule has 6 heteroatoms. The summed E-state index contributed by atoms with van der Waals surface area (Å²) < 4.78 is 10.9. The Morgan fingerprint density at radius 2 is 2.47 bits per heavy atom. The molecule has 104 valence electrons. The van der Waals surface area contributed by atoms with E-state index < -0.39 is 0 Å². The van der Waals surface area contributed by atoms with E-state index in [1.807, 2.05) is 10.3 Å². The number of rotatable bonds is 3. The van der Waals surface area contributed by atoms with E-state index in [4.69, 9.17) is 9.47 Å². The van der Waals surface area contributed by atoms with Gasteiger partial charge in [-0.2, -0.15) is 0 Å². The quantitative estimate of drug-likeness (QED) is 0.849. The summed E-state index contributed by atoms with van der Waals surface area (Å²) in [5.41, 5.74) is 0.548. The van der Waals surface area contributed by atoms with E-state index in [-0.39, 0.29) is 18.1 Å². The zero-order chi connectivity index (χ0) is 13.2. The van der Waals surface area contributed by atoms with Crippen molar-refractivity contribution in [1.82, 2.24) is 9.88 Å². The van der Waals surface area contributed by atoms with Crippen molar-refractivity contribution in [2.45, 2.75) is 31.5 Å². The summed E-state index contributed by atoms with van der Waals surface area (Å²) in [6, 6.07) is 0. The van der Waals surface area contributed by atoms with Gasteiger partial charge in [-0.25, -0.2) is 4.98 Å². The third kappa shape index (κ3) is 2.66. The molecule has 0 bridgehead atoms. The Hall–Kier alpha value is -0.980. The third-order valence-corrected chi connectivity index (χ3v) is 4.65. The number of carbonyl (C=O) groups excluding carboxylic acids is 1. The number of likely N-dealkylation sites (tertiary alicyclic amines) is 1. The van der Waals surface area contributed by atoms with Gasteiger partial charge in [-0.05, 0) is 19.3 Å². The number of methoxy groups -OCH3 is 1. The lowest BCUT2D eigenvalue weighted by atomic mass is 10.2. The summed E-state index contributed by atoms with van der Waals surface area (Å²) in [4.78, 5) is 18.6. The molecule has 0 spiro atoms. The minimum Gasteiger partial charge on any atom is -0.380 e. The number of hydrogen-bond donors (Lipinski definition) is 0. The number of amides is 1. The second-order valence-corrected chi connectivity index (χ2v) is 5.86. The fourth-order valence-corrected chi connectivity index (χ4v) is 3.45. The molecule has 1 amide bonds. The molecule has 0 radical (unpaired) electrons. The second kappa shape index (κ2) is 5.56. The molecule has 5 nitrogen and oxygen atoms in total. The van der Waals surface area contributed by atoms with Crippen LogP contribution in [0.2, 0.25) is 0 Å². The molecular formula is C13H18N2O3S. The number of hydrogen-bond acceptors (Lipinski definition) is 5. The first-order chi connectivity index (χ1) is 9.28. The molecule has 1 unspecified atom stereocenters. The number of carbonyl (C=O) groups is 1. The first-order valence-electron chi connectivity index (χ1n) is 6.67. The van der Waals surface area contributed by atoms with E-state index in [1.165, 1.54) is 11.3 Å². The van der Waals surface area contributed by atoms with Gasteiger partial charge in [0.1, 0.15) is 16.8 Å². The molecule has 0 aromatic carbocycles. The zero-order valence-corrected chi connectivity index (χ0v) is 11.8. The first-order valence-corrected chi connectivity index (χ1v) is 7.55. The summed E-state index contributed by atoms with van der Waals surface area (Å²) in [6.07, 6.45) is 3.26. The summed E-state index contributed by atoms with van der Waals surface area (Å²) in [6.45, 7) is 2.22. The van der Waals surface area contributed by atoms with Crippen LogP contribution in [0.4, 0.5) is 0 Å². The summed E-state index contributed by atoms with van der Waals surface area (Å²) in [5.74, 6) is 0.0139. The molecule has 2 fully saturated rings. The largest absolute Gasteiger partial charge is 0.380 e. The average molecular weight is 282 g/mol. The topological polar surface area (TPSA) is 51.7 Å². The average Bonchev–Trinajstić information content (AvgIpc) is 3.16. The summed E-state index contributed by atoms with van der Waals surface area (Å²) >= 11 is 1.53. The Morgan fingerprint density at radius 1 is 1.58 bits per heavy atom. The van der Waals surface area contributed by atoms with Crippen molar-refractivity contribution in [2.75, 3.05) is 26.8 Å². The number of ether oxygens (including phenoxy) is 2. The monoisotopic (exact) mass is 282 g/mol. The molecule has 19 heavy (non-hydrogen) atoms. The lowest BCUT2D eigenvalue weighted by Crippen LogP contribution is -2.30. The van der Waals surface area contributed by atoms with E-state index in [0.29, 0.717) is 12.2 Å². The standard InChI is InChI=1S/C13H18N2O3S/c1-17-9-4-5-15(7-9)13(16)10-8-19-12(14-10)11-3-2-6-18-11/h8-9,11H,2-7H2,1H3/t9-,11?/m1/s1. The van der Waals surface area contributed by atoms with Crippen molar-refractivity contribution in [3.8, 4) is 0 Å². The maximum Gasteiger partial charge on any atom is 0.273 e. The Bertz CT molecular complexity index is 456. The van der Waals surface area contributed by atoms with Crippen LogP contribution in [0.25, 0.3) is 0 Å². The van der Waals surface area contributed by atoms with Crippen LogP contribution in [0.1, 0.15) is 40.9 Å². The maximum absolute atomic E-state index is 12.3. The molecule has 0 aliphatic carbocycles. The lowest BCUT2D eigenvalue weighted by Gasteiger charge is -2.14. The molecule has 0 N–H and O–H groups in total. The number of aromatic nitrogens is 1. The van der Waals surface area contributed by atoms with Gasteiger partial charge in [0, 0.05) is 32.2 Å². The van der Waals surface area contributed by atoms with Crippen LogP contribution in [-0.2, 0) is 9.47 Å². The highest BCUT2D eigenvalue weighted by Crippen LogP contribution is 2.31. The highest BCUT2D eigenvalue weighted by atomic mass is 32.1. The van der Waals surface area contributed by atoms with Gasteiger partial charge in [0.25, 0.3) is 5.91 Å². The van der Waals surface area contributed by atoms with Gasteiger partial charge in [-0.15, -0.1) is 11.3 Å². The van der Waals surface area contributed by atoms with Gasteiger partial charge in [0.15, 0.2) is 0 Å². The maximum atomic E-state index is 12.3. The van der Waals surface area contributed by atoms with Crippen LogP contribution in [0.5, 0.6) is 0 Å². The van der Waals surface area contributed by atoms with Gasteiger partial charge < -0.3 is 14.4 Å². The van der Waals surface area contributed by atoms with Crippen molar-refractivity contribution in [3.63, 3.8) is 0 Å². The molecule has 1 aromatic heterocycles. The van der Waals surface area contributed by atoms with Gasteiger partial charge in [0.05, 0.1) is 6.10 Å². The molecule has 3 rings (SSSR count). The predicted octanol–water partition coefficient (Wildman–Crippen LogP) is 1.86. The molecule has 2 saturated heterocycles. The Labute approximate surface area is 116 Å². The van der Waals surface area contributed by atoms with Gasteiger partial charge in [0.2, 0.25) is 0 Å². The molecule has 2 aliphatic heterocycles. The molecule has 2 atom stereocenters. The fourth-order valence-electron chi connectivity index (χ4n) is 2.57. The van der Waals surface area contributed by atoms with E-state index in [1.54, 1.807) is 7.11 Å². The van der Waals surface area contributed by atoms with Crippen LogP contribution < -0.4 is 0 Å². The molecular weight excluding hydrogens is 264 g/mol. The van der Waals surface area contributed by atoms with Gasteiger partial charge in [-0.3, -0.25) is 4.79 Å². The van der Waals surface area contributed by atoms with Crippen LogP contribution in [0, 0.1) is 0 Å². The highest BCUT2D eigenvalue weighted by molar-refractivity contribution is 7.09. The molecule has 1 aromatic rings.